The molecule has 0 aliphatic heterocycles. The number of rotatable bonds is 6. The molecule has 0 unspecified atom stereocenters. The topological polar surface area (TPSA) is 72.5 Å². The molecule has 2 atom stereocenters. The van der Waals surface area contributed by atoms with Gasteiger partial charge in [-0.2, -0.15) is 0 Å². The summed E-state index contributed by atoms with van der Waals surface area (Å²) in [5, 5.41) is 9.01. The Bertz CT molecular complexity index is 169. The van der Waals surface area contributed by atoms with Gasteiger partial charge in [-0.1, -0.05) is 13.8 Å². The van der Waals surface area contributed by atoms with Gasteiger partial charge in [-0.15, -0.1) is 0 Å². The van der Waals surface area contributed by atoms with Gasteiger partial charge in [-0.05, 0) is 25.7 Å². The molecule has 0 aromatic carbocycles. The lowest BCUT2D eigenvalue weighted by Gasteiger charge is -2.13. The van der Waals surface area contributed by atoms with E-state index in [1.807, 2.05) is 0 Å². The third-order valence-electron chi connectivity index (χ3n) is 1.96. The van der Waals surface area contributed by atoms with Gasteiger partial charge in [-0.25, -0.2) is 0 Å². The molecular formula is C10H21NO3. The third-order valence-corrected chi connectivity index (χ3v) is 1.96. The highest BCUT2D eigenvalue weighted by Gasteiger charge is 2.19. The summed E-state index contributed by atoms with van der Waals surface area (Å²) in [6.45, 7) is 6.09. The summed E-state index contributed by atoms with van der Waals surface area (Å²) < 4.78 is 4.89. The molecule has 0 amide bonds. The lowest BCUT2D eigenvalue weighted by atomic mass is 10.1. The average Bonchev–Trinajstić information content (AvgIpc) is 2.10. The standard InChI is InChI=1S/C10H21NO3/c1-7(2)5-4-6-14-10(13)9(11)8(3)12/h7-9,12H,4-6,11H2,1-3H3/t8-,9+/m1/s1. The molecule has 0 aliphatic rings. The molecule has 4 heteroatoms. The maximum absolute atomic E-state index is 11.1. The van der Waals surface area contributed by atoms with Crippen molar-refractivity contribution in [2.45, 2.75) is 45.8 Å². The molecule has 0 rings (SSSR count). The fraction of sp³-hybridized carbons (Fsp3) is 0.900. The van der Waals surface area contributed by atoms with Crippen LogP contribution in [0.4, 0.5) is 0 Å². The molecule has 0 aliphatic carbocycles. The number of hydrogen-bond donors (Lipinski definition) is 2. The third kappa shape index (κ3) is 5.94. The first-order valence-corrected chi connectivity index (χ1v) is 5.05. The van der Waals surface area contributed by atoms with Crippen LogP contribution >= 0.6 is 0 Å². The Labute approximate surface area is 85.4 Å². The normalized spacial score (nSPS) is 15.3. The minimum absolute atomic E-state index is 0.386. The van der Waals surface area contributed by atoms with E-state index >= 15 is 0 Å². The van der Waals surface area contributed by atoms with Crippen LogP contribution in [0.25, 0.3) is 0 Å². The van der Waals surface area contributed by atoms with E-state index in [0.717, 1.165) is 12.8 Å². The van der Waals surface area contributed by atoms with E-state index in [9.17, 15) is 4.79 Å². The van der Waals surface area contributed by atoms with Crippen molar-refractivity contribution in [2.24, 2.45) is 11.7 Å². The number of carbonyl (C=O) groups is 1. The number of aliphatic hydroxyl groups excluding tert-OH is 1. The van der Waals surface area contributed by atoms with Crippen molar-refractivity contribution in [3.8, 4) is 0 Å². The van der Waals surface area contributed by atoms with Gasteiger partial charge >= 0.3 is 5.97 Å². The second-order valence-corrected chi connectivity index (χ2v) is 3.97. The maximum atomic E-state index is 11.1. The van der Waals surface area contributed by atoms with E-state index in [1.54, 1.807) is 0 Å². The highest BCUT2D eigenvalue weighted by atomic mass is 16.5. The molecule has 0 saturated heterocycles. The fourth-order valence-corrected chi connectivity index (χ4v) is 0.958. The number of aliphatic hydroxyl groups is 1. The maximum Gasteiger partial charge on any atom is 0.325 e. The van der Waals surface area contributed by atoms with Gasteiger partial charge in [-0.3, -0.25) is 4.79 Å². The zero-order valence-electron chi connectivity index (χ0n) is 9.19. The first-order chi connectivity index (χ1) is 6.45. The molecule has 4 nitrogen and oxygen atoms in total. The van der Waals surface area contributed by atoms with E-state index < -0.39 is 18.1 Å². The smallest absolute Gasteiger partial charge is 0.325 e. The molecule has 0 bridgehead atoms. The minimum Gasteiger partial charge on any atom is -0.464 e. The number of nitrogens with two attached hydrogens (primary N) is 1. The zero-order valence-corrected chi connectivity index (χ0v) is 9.19. The van der Waals surface area contributed by atoms with E-state index in [4.69, 9.17) is 15.6 Å². The Morgan fingerprint density at radius 1 is 1.43 bits per heavy atom. The molecule has 84 valence electrons. The van der Waals surface area contributed by atoms with Gasteiger partial charge in [0.2, 0.25) is 0 Å². The van der Waals surface area contributed by atoms with Crippen molar-refractivity contribution in [3.63, 3.8) is 0 Å². The number of esters is 1. The summed E-state index contributed by atoms with van der Waals surface area (Å²) in [5.74, 6) is 0.0860. The predicted molar refractivity (Wildman–Crippen MR) is 54.7 cm³/mol. The Kier molecular flexibility index (Phi) is 6.49. The Balaban J connectivity index is 3.54. The van der Waals surface area contributed by atoms with E-state index in [-0.39, 0.29) is 0 Å². The van der Waals surface area contributed by atoms with Crippen molar-refractivity contribution < 1.29 is 14.6 Å². The van der Waals surface area contributed by atoms with Crippen molar-refractivity contribution in [1.29, 1.82) is 0 Å². The van der Waals surface area contributed by atoms with Crippen LogP contribution in [0.3, 0.4) is 0 Å². The second kappa shape index (κ2) is 6.79. The largest absolute Gasteiger partial charge is 0.464 e. The lowest BCUT2D eigenvalue weighted by molar-refractivity contribution is -0.147. The molecule has 0 aromatic rings. The summed E-state index contributed by atoms with van der Waals surface area (Å²) in [7, 11) is 0. The number of ether oxygens (including phenoxy) is 1. The highest BCUT2D eigenvalue weighted by Crippen LogP contribution is 2.03. The molecule has 0 radical (unpaired) electrons. The molecule has 14 heavy (non-hydrogen) atoms. The van der Waals surface area contributed by atoms with Crippen LogP contribution in [-0.4, -0.2) is 29.8 Å². The van der Waals surface area contributed by atoms with Gasteiger partial charge in [0.15, 0.2) is 0 Å². The quantitative estimate of drug-likeness (QED) is 0.491. The number of hydrogen-bond acceptors (Lipinski definition) is 4. The van der Waals surface area contributed by atoms with Crippen LogP contribution in [-0.2, 0) is 9.53 Å². The monoisotopic (exact) mass is 203 g/mol. The molecular weight excluding hydrogens is 182 g/mol. The van der Waals surface area contributed by atoms with Crippen molar-refractivity contribution in [1.82, 2.24) is 0 Å². The zero-order chi connectivity index (χ0) is 11.1. The van der Waals surface area contributed by atoms with Gasteiger partial charge in [0.25, 0.3) is 0 Å². The van der Waals surface area contributed by atoms with E-state index in [2.05, 4.69) is 13.8 Å². The molecule has 0 fully saturated rings. The summed E-state index contributed by atoms with van der Waals surface area (Å²) in [4.78, 5) is 11.1. The highest BCUT2D eigenvalue weighted by molar-refractivity contribution is 5.76. The van der Waals surface area contributed by atoms with Crippen molar-refractivity contribution in [2.75, 3.05) is 6.61 Å². The van der Waals surface area contributed by atoms with E-state index in [1.165, 1.54) is 6.92 Å². The molecule has 0 heterocycles. The fourth-order valence-electron chi connectivity index (χ4n) is 0.958. The average molecular weight is 203 g/mol. The van der Waals surface area contributed by atoms with Crippen LogP contribution in [0, 0.1) is 5.92 Å². The molecule has 0 spiro atoms. The minimum atomic E-state index is -0.922. The lowest BCUT2D eigenvalue weighted by Crippen LogP contribution is -2.41. The second-order valence-electron chi connectivity index (χ2n) is 3.97. The van der Waals surface area contributed by atoms with Gasteiger partial charge in [0.1, 0.15) is 6.04 Å². The summed E-state index contributed by atoms with van der Waals surface area (Å²) in [6, 6.07) is -0.922. The Hall–Kier alpha value is -0.610. The van der Waals surface area contributed by atoms with Gasteiger partial charge in [0.05, 0.1) is 12.7 Å². The van der Waals surface area contributed by atoms with Crippen LogP contribution in [0.1, 0.15) is 33.6 Å². The molecule has 3 N–H and O–H groups in total. The van der Waals surface area contributed by atoms with Crippen LogP contribution in [0.5, 0.6) is 0 Å². The van der Waals surface area contributed by atoms with E-state index in [0.29, 0.717) is 12.5 Å². The SMILES string of the molecule is CC(C)CCCOC(=O)[C@@H](N)[C@@H](C)O. The van der Waals surface area contributed by atoms with Gasteiger partial charge < -0.3 is 15.6 Å². The Morgan fingerprint density at radius 2 is 2.00 bits per heavy atom. The Morgan fingerprint density at radius 3 is 2.43 bits per heavy atom. The predicted octanol–water partition coefficient (Wildman–Crippen LogP) is 0.674. The summed E-state index contributed by atoms with van der Waals surface area (Å²) >= 11 is 0. The van der Waals surface area contributed by atoms with Crippen LogP contribution in [0.15, 0.2) is 0 Å². The first kappa shape index (κ1) is 13.4. The summed E-state index contributed by atoms with van der Waals surface area (Å²) in [5.41, 5.74) is 5.38. The van der Waals surface area contributed by atoms with Crippen molar-refractivity contribution >= 4 is 5.97 Å². The van der Waals surface area contributed by atoms with Gasteiger partial charge in [0, 0.05) is 0 Å². The van der Waals surface area contributed by atoms with Crippen molar-refractivity contribution in [3.05, 3.63) is 0 Å². The molecule has 0 saturated carbocycles. The molecule has 0 aromatic heterocycles. The first-order valence-electron chi connectivity index (χ1n) is 5.05. The summed E-state index contributed by atoms with van der Waals surface area (Å²) in [6.07, 6.45) is 1.01. The van der Waals surface area contributed by atoms with Crippen LogP contribution in [0.2, 0.25) is 0 Å². The van der Waals surface area contributed by atoms with Crippen LogP contribution < -0.4 is 5.73 Å². The number of carbonyl (C=O) groups excluding carboxylic acids is 1.